The molecule has 0 fully saturated rings. The Morgan fingerprint density at radius 1 is 1.29 bits per heavy atom. The molecule has 0 aliphatic rings. The van der Waals surface area contributed by atoms with Crippen LogP contribution in [0.1, 0.15) is 11.3 Å². The number of nitrogens with zero attached hydrogens (tertiary/aromatic N) is 2. The van der Waals surface area contributed by atoms with Crippen LogP contribution in [0, 0.1) is 13.8 Å². The molecule has 0 spiro atoms. The zero-order valence-corrected chi connectivity index (χ0v) is 13.0. The predicted molar refractivity (Wildman–Crippen MR) is 83.1 cm³/mol. The monoisotopic (exact) mass is 325 g/mol. The van der Waals surface area contributed by atoms with Crippen molar-refractivity contribution in [3.05, 3.63) is 56.2 Å². The molecule has 1 aromatic carbocycles. The second kappa shape index (κ2) is 6.28. The minimum absolute atomic E-state index is 0.118. The fourth-order valence-corrected chi connectivity index (χ4v) is 2.02. The number of aryl methyl sites for hydroxylation is 1. The molecule has 21 heavy (non-hydrogen) atoms. The van der Waals surface area contributed by atoms with Crippen molar-refractivity contribution < 1.29 is 4.79 Å². The second-order valence-corrected chi connectivity index (χ2v) is 5.38. The Bertz CT molecular complexity index is 756. The van der Waals surface area contributed by atoms with Crippen molar-refractivity contribution in [1.29, 1.82) is 0 Å². The van der Waals surface area contributed by atoms with Crippen molar-refractivity contribution in [1.82, 2.24) is 9.55 Å². The van der Waals surface area contributed by atoms with Crippen molar-refractivity contribution in [3.8, 4) is 0 Å². The summed E-state index contributed by atoms with van der Waals surface area (Å²) < 4.78 is 1.26. The average molecular weight is 326 g/mol. The lowest BCUT2D eigenvalue weighted by Crippen LogP contribution is -2.29. The SMILES string of the molecule is Cc1ncn(CC(=O)Nc2ccc(Cl)c(Cl)c2)c(=O)c1C. The number of hydrogen-bond donors (Lipinski definition) is 1. The predicted octanol–water partition coefficient (Wildman–Crippen LogP) is 2.81. The average Bonchev–Trinajstić information content (AvgIpc) is 2.44. The largest absolute Gasteiger partial charge is 0.324 e. The summed E-state index contributed by atoms with van der Waals surface area (Å²) in [5.41, 5.74) is 1.46. The Balaban J connectivity index is 2.14. The summed E-state index contributed by atoms with van der Waals surface area (Å²) in [6, 6.07) is 4.76. The van der Waals surface area contributed by atoms with E-state index in [9.17, 15) is 9.59 Å². The molecule has 110 valence electrons. The van der Waals surface area contributed by atoms with Gasteiger partial charge in [-0.1, -0.05) is 23.2 Å². The van der Waals surface area contributed by atoms with Gasteiger partial charge in [0, 0.05) is 16.9 Å². The van der Waals surface area contributed by atoms with Gasteiger partial charge < -0.3 is 5.32 Å². The number of rotatable bonds is 3. The van der Waals surface area contributed by atoms with Crippen LogP contribution in [0.5, 0.6) is 0 Å². The van der Waals surface area contributed by atoms with E-state index < -0.39 is 0 Å². The normalized spacial score (nSPS) is 10.5. The molecule has 5 nitrogen and oxygen atoms in total. The van der Waals surface area contributed by atoms with Crippen molar-refractivity contribution >= 4 is 34.8 Å². The Hall–Kier alpha value is -1.85. The lowest BCUT2D eigenvalue weighted by atomic mass is 10.3. The Morgan fingerprint density at radius 2 is 2.00 bits per heavy atom. The van der Waals surface area contributed by atoms with Crippen LogP contribution in [0.3, 0.4) is 0 Å². The molecule has 1 heterocycles. The smallest absolute Gasteiger partial charge is 0.256 e. The summed E-state index contributed by atoms with van der Waals surface area (Å²) in [5, 5.41) is 3.40. The number of carbonyl (C=O) groups is 1. The molecule has 0 saturated heterocycles. The highest BCUT2D eigenvalue weighted by Crippen LogP contribution is 2.24. The fourth-order valence-electron chi connectivity index (χ4n) is 1.72. The van der Waals surface area contributed by atoms with Crippen LogP contribution in [-0.4, -0.2) is 15.5 Å². The summed E-state index contributed by atoms with van der Waals surface area (Å²) >= 11 is 11.7. The van der Waals surface area contributed by atoms with Crippen LogP contribution in [0.4, 0.5) is 5.69 Å². The molecule has 0 aliphatic carbocycles. The van der Waals surface area contributed by atoms with Crippen LogP contribution in [0.15, 0.2) is 29.3 Å². The number of aromatic nitrogens is 2. The molecular formula is C14H13Cl2N3O2. The van der Waals surface area contributed by atoms with Crippen molar-refractivity contribution in [2.45, 2.75) is 20.4 Å². The Kier molecular flexibility index (Phi) is 4.65. The number of anilines is 1. The van der Waals surface area contributed by atoms with Gasteiger partial charge in [0.25, 0.3) is 5.56 Å². The van der Waals surface area contributed by atoms with E-state index >= 15 is 0 Å². The van der Waals surface area contributed by atoms with E-state index in [0.717, 1.165) is 0 Å². The lowest BCUT2D eigenvalue weighted by Gasteiger charge is -2.09. The van der Waals surface area contributed by atoms with Crippen molar-refractivity contribution in [2.24, 2.45) is 0 Å². The lowest BCUT2D eigenvalue weighted by molar-refractivity contribution is -0.116. The number of hydrogen-bond acceptors (Lipinski definition) is 3. The first kappa shape index (κ1) is 15.5. The summed E-state index contributed by atoms with van der Waals surface area (Å²) in [6.07, 6.45) is 1.36. The highest BCUT2D eigenvalue weighted by molar-refractivity contribution is 6.42. The van der Waals surface area contributed by atoms with Gasteiger partial charge >= 0.3 is 0 Å². The van der Waals surface area contributed by atoms with Crippen LogP contribution >= 0.6 is 23.2 Å². The highest BCUT2D eigenvalue weighted by Gasteiger charge is 2.09. The molecule has 2 aromatic rings. The van der Waals surface area contributed by atoms with E-state index in [1.54, 1.807) is 32.0 Å². The molecule has 0 atom stereocenters. The maximum absolute atomic E-state index is 12.0. The number of benzene rings is 1. The molecule has 0 aliphatic heterocycles. The van der Waals surface area contributed by atoms with Gasteiger partial charge in [0.1, 0.15) is 6.54 Å². The summed E-state index contributed by atoms with van der Waals surface area (Å²) in [5.74, 6) is -0.347. The second-order valence-electron chi connectivity index (χ2n) is 4.57. The van der Waals surface area contributed by atoms with Gasteiger partial charge in [0.15, 0.2) is 0 Å². The van der Waals surface area contributed by atoms with Gasteiger partial charge in [0.05, 0.1) is 16.4 Å². The Morgan fingerprint density at radius 3 is 2.67 bits per heavy atom. The Labute approximate surface area is 131 Å². The van der Waals surface area contributed by atoms with E-state index in [0.29, 0.717) is 27.0 Å². The number of carbonyl (C=O) groups excluding carboxylic acids is 1. The van der Waals surface area contributed by atoms with Crippen molar-refractivity contribution in [2.75, 3.05) is 5.32 Å². The molecule has 2 rings (SSSR count). The third kappa shape index (κ3) is 3.62. The van der Waals surface area contributed by atoms with Crippen LogP contribution < -0.4 is 10.9 Å². The molecule has 0 bridgehead atoms. The molecule has 0 unspecified atom stereocenters. The molecule has 0 radical (unpaired) electrons. The standard InChI is InChI=1S/C14H13Cl2N3O2/c1-8-9(2)17-7-19(14(8)21)6-13(20)18-10-3-4-11(15)12(16)5-10/h3-5,7H,6H2,1-2H3,(H,18,20). The first-order valence-electron chi connectivity index (χ1n) is 6.16. The molecule has 7 heteroatoms. The summed E-state index contributed by atoms with van der Waals surface area (Å²) in [4.78, 5) is 28.0. The van der Waals surface area contributed by atoms with Gasteiger partial charge in [-0.3, -0.25) is 14.2 Å². The zero-order chi connectivity index (χ0) is 15.6. The molecule has 1 aromatic heterocycles. The maximum Gasteiger partial charge on any atom is 0.256 e. The van der Waals surface area contributed by atoms with E-state index in [1.807, 2.05) is 0 Å². The van der Waals surface area contributed by atoms with Crippen LogP contribution in [0.25, 0.3) is 0 Å². The first-order valence-corrected chi connectivity index (χ1v) is 6.91. The van der Waals surface area contributed by atoms with Crippen LogP contribution in [-0.2, 0) is 11.3 Å². The van der Waals surface area contributed by atoms with Crippen LogP contribution in [0.2, 0.25) is 10.0 Å². The highest BCUT2D eigenvalue weighted by atomic mass is 35.5. The van der Waals surface area contributed by atoms with Gasteiger partial charge in [-0.2, -0.15) is 0 Å². The quantitative estimate of drug-likeness (QED) is 0.943. The summed E-state index contributed by atoms with van der Waals surface area (Å²) in [6.45, 7) is 3.31. The van der Waals surface area contributed by atoms with E-state index in [1.165, 1.54) is 10.9 Å². The van der Waals surface area contributed by atoms with Crippen molar-refractivity contribution in [3.63, 3.8) is 0 Å². The van der Waals surface area contributed by atoms with E-state index in [-0.39, 0.29) is 18.0 Å². The minimum Gasteiger partial charge on any atom is -0.324 e. The van der Waals surface area contributed by atoms with Gasteiger partial charge in [-0.15, -0.1) is 0 Å². The molecular weight excluding hydrogens is 313 g/mol. The van der Waals surface area contributed by atoms with Gasteiger partial charge in [-0.05, 0) is 32.0 Å². The summed E-state index contributed by atoms with van der Waals surface area (Å²) in [7, 11) is 0. The third-order valence-corrected chi connectivity index (χ3v) is 3.77. The maximum atomic E-state index is 12.0. The topological polar surface area (TPSA) is 64.0 Å². The zero-order valence-electron chi connectivity index (χ0n) is 11.5. The van der Waals surface area contributed by atoms with Gasteiger partial charge in [-0.25, -0.2) is 4.98 Å². The molecule has 1 N–H and O–H groups in total. The first-order chi connectivity index (χ1) is 9.88. The fraction of sp³-hybridized carbons (Fsp3) is 0.214. The number of nitrogens with one attached hydrogen (secondary N) is 1. The minimum atomic E-state index is -0.347. The molecule has 1 amide bonds. The third-order valence-electron chi connectivity index (χ3n) is 3.03. The molecule has 0 saturated carbocycles. The number of amides is 1. The number of halogens is 2. The van der Waals surface area contributed by atoms with E-state index in [4.69, 9.17) is 23.2 Å². The van der Waals surface area contributed by atoms with E-state index in [2.05, 4.69) is 10.3 Å². The van der Waals surface area contributed by atoms with Gasteiger partial charge in [0.2, 0.25) is 5.91 Å².